The molecule has 0 amide bonds. The maximum atomic E-state index is 2.45. The molecule has 2 aliphatic rings. The fraction of sp³-hybridized carbons (Fsp3) is 0.265. The van der Waals surface area contributed by atoms with E-state index in [9.17, 15) is 0 Å². The van der Waals surface area contributed by atoms with Crippen LogP contribution in [0.25, 0.3) is 0 Å². The monoisotopic (exact) mass is 1340 g/mol. The van der Waals surface area contributed by atoms with E-state index >= 15 is 0 Å². The van der Waals surface area contributed by atoms with Crippen molar-refractivity contribution in [2.45, 2.75) is 152 Å². The van der Waals surface area contributed by atoms with Crippen molar-refractivity contribution in [1.29, 1.82) is 0 Å². The lowest BCUT2D eigenvalue weighted by atomic mass is 9.55. The second-order valence-corrected chi connectivity index (χ2v) is 30.5. The molecule has 12 aromatic carbocycles. The van der Waals surface area contributed by atoms with E-state index in [2.05, 4.69) is 394 Å². The van der Waals surface area contributed by atoms with Crippen molar-refractivity contribution in [3.8, 4) is 0 Å². The van der Waals surface area contributed by atoms with Crippen molar-refractivity contribution in [3.63, 3.8) is 0 Å². The van der Waals surface area contributed by atoms with Gasteiger partial charge in [0.1, 0.15) is 0 Å². The maximum absolute atomic E-state index is 2.45. The zero-order chi connectivity index (χ0) is 71.1. The molecule has 0 radical (unpaired) electrons. The number of hydrogen-bond acceptors (Lipinski definition) is 4. The van der Waals surface area contributed by atoms with Gasteiger partial charge in [-0.1, -0.05) is 215 Å². The quantitative estimate of drug-likeness (QED) is 0.0849. The second-order valence-electron chi connectivity index (χ2n) is 30.5. The summed E-state index contributed by atoms with van der Waals surface area (Å²) in [5.41, 5.74) is 30.1. The molecular weight excluding hydrogens is 1230 g/mol. The molecule has 4 nitrogen and oxygen atoms in total. The Morgan fingerprint density at radius 2 is 0.471 bits per heavy atom. The van der Waals surface area contributed by atoms with Gasteiger partial charge in [-0.2, -0.15) is 0 Å². The normalized spacial score (nSPS) is 14.1. The number of anilines is 12. The van der Waals surface area contributed by atoms with Crippen molar-refractivity contribution >= 4 is 68.2 Å². The molecule has 1 spiro atoms. The molecule has 2 aliphatic carbocycles. The Morgan fingerprint density at radius 3 is 0.716 bits per heavy atom. The van der Waals surface area contributed by atoms with Gasteiger partial charge in [0.2, 0.25) is 0 Å². The van der Waals surface area contributed by atoms with Gasteiger partial charge < -0.3 is 19.6 Å². The van der Waals surface area contributed by atoms with E-state index in [1.54, 1.807) is 0 Å². The lowest BCUT2D eigenvalue weighted by Gasteiger charge is -2.49. The molecule has 0 heterocycles. The summed E-state index contributed by atoms with van der Waals surface area (Å²) >= 11 is 0. The largest absolute Gasteiger partial charge is 0.311 e. The highest BCUT2D eigenvalue weighted by atomic mass is 15.2. The Morgan fingerprint density at radius 1 is 0.235 bits per heavy atom. The zero-order valence-electron chi connectivity index (χ0n) is 62.5. The molecule has 102 heavy (non-hydrogen) atoms. The highest BCUT2D eigenvalue weighted by Gasteiger charge is 2.45. The smallest absolute Gasteiger partial charge is 0.0464 e. The molecule has 0 atom stereocenters. The summed E-state index contributed by atoms with van der Waals surface area (Å²) < 4.78 is 0. The summed E-state index contributed by atoms with van der Waals surface area (Å²) in [6.45, 7) is 26.8. The Kier molecular flexibility index (Phi) is 21.1. The average molecular weight is 1340 g/mol. The highest BCUT2D eigenvalue weighted by molar-refractivity contribution is 5.81. The van der Waals surface area contributed by atoms with Crippen LogP contribution < -0.4 is 19.6 Å². The first-order valence-corrected chi connectivity index (χ1v) is 37.5. The van der Waals surface area contributed by atoms with E-state index in [0.717, 1.165) is 11.4 Å². The van der Waals surface area contributed by atoms with Crippen molar-refractivity contribution in [2.24, 2.45) is 17.3 Å². The van der Waals surface area contributed by atoms with Gasteiger partial charge in [-0.3, -0.25) is 0 Å². The first-order valence-electron chi connectivity index (χ1n) is 37.5. The Labute approximate surface area is 611 Å². The van der Waals surface area contributed by atoms with E-state index in [1.807, 2.05) is 0 Å². The van der Waals surface area contributed by atoms with E-state index in [1.165, 1.54) is 181 Å². The number of benzene rings is 12. The van der Waals surface area contributed by atoms with Gasteiger partial charge in [0.05, 0.1) is 0 Å². The molecule has 14 rings (SSSR count). The van der Waals surface area contributed by atoms with Crippen LogP contribution in [0.15, 0.2) is 291 Å². The van der Waals surface area contributed by atoms with Crippen LogP contribution in [-0.2, 0) is 10.8 Å². The standard InChI is InChI=1S/C51H54N2.C47H50N2/c1-38-8-20-44(21-9-38)52(45-22-10-39(2)11-23-45)48-28-16-42(17-29-48)51(36-34-50(35-37-51)32-6-5-7-33-50)43-18-30-49(31-19-43)53(46-24-12-40(3)13-25-46)47-26-14-41(4)15-27-47;1-33(2)47(34(3)4,39-21-25-41(26-22-39)48(43-17-9-13-35(5)29-43)44-18-10-14-36(6)30-44)40-23-27-42(28-24-40)49(45-19-11-15-37(7)31-45)46-20-12-16-38(8)32-46/h8-31H,5-7,32-37H2,1-4H3;9-34H,1-8H3. The van der Waals surface area contributed by atoms with Gasteiger partial charge in [0.15, 0.2) is 0 Å². The van der Waals surface area contributed by atoms with E-state index in [0.29, 0.717) is 17.3 Å². The number of rotatable bonds is 18. The first-order chi connectivity index (χ1) is 49.4. The number of hydrogen-bond donors (Lipinski definition) is 0. The molecule has 4 heteroatoms. The van der Waals surface area contributed by atoms with Crippen LogP contribution in [0.4, 0.5) is 68.2 Å². The minimum Gasteiger partial charge on any atom is -0.311 e. The molecule has 2 saturated carbocycles. The van der Waals surface area contributed by atoms with Crippen molar-refractivity contribution in [2.75, 3.05) is 19.6 Å². The van der Waals surface area contributed by atoms with Crippen molar-refractivity contribution in [3.05, 3.63) is 358 Å². The summed E-state index contributed by atoms with van der Waals surface area (Å²) in [5, 5.41) is 0. The van der Waals surface area contributed by atoms with Crippen LogP contribution in [-0.4, -0.2) is 0 Å². The molecule has 516 valence electrons. The fourth-order valence-corrected chi connectivity index (χ4v) is 17.2. The third-order valence-electron chi connectivity index (χ3n) is 22.7. The maximum Gasteiger partial charge on any atom is 0.0464 e. The van der Waals surface area contributed by atoms with Crippen molar-refractivity contribution in [1.82, 2.24) is 0 Å². The Balaban J connectivity index is 0.000000183. The van der Waals surface area contributed by atoms with Gasteiger partial charge in [-0.25, -0.2) is 0 Å². The summed E-state index contributed by atoms with van der Waals surface area (Å²) in [5.74, 6) is 0.747. The van der Waals surface area contributed by atoms with Gasteiger partial charge in [-0.15, -0.1) is 0 Å². The molecule has 0 aromatic heterocycles. The Bertz CT molecular complexity index is 4250. The van der Waals surface area contributed by atoms with Crippen LogP contribution in [0.1, 0.15) is 152 Å². The number of nitrogens with zero attached hydrogens (tertiary/aromatic N) is 4. The van der Waals surface area contributed by atoms with Crippen LogP contribution in [0.2, 0.25) is 0 Å². The summed E-state index contributed by atoms with van der Waals surface area (Å²) in [4.78, 5) is 9.53. The van der Waals surface area contributed by atoms with Crippen LogP contribution in [0.3, 0.4) is 0 Å². The lowest BCUT2D eigenvalue weighted by Crippen LogP contribution is -2.39. The third kappa shape index (κ3) is 14.9. The molecule has 0 aliphatic heterocycles. The average Bonchev–Trinajstić information content (AvgIpc) is 0.751. The predicted octanol–water partition coefficient (Wildman–Crippen LogP) is 28.1. The minimum atomic E-state index is -0.175. The molecule has 0 bridgehead atoms. The van der Waals surface area contributed by atoms with Gasteiger partial charge in [0, 0.05) is 79.1 Å². The molecule has 2 fully saturated rings. The lowest BCUT2D eigenvalue weighted by molar-refractivity contribution is 0.0939. The molecule has 0 saturated heterocycles. The number of aryl methyl sites for hydroxylation is 8. The predicted molar refractivity (Wildman–Crippen MR) is 438 cm³/mol. The molecule has 0 unspecified atom stereocenters. The van der Waals surface area contributed by atoms with E-state index in [-0.39, 0.29) is 10.8 Å². The minimum absolute atomic E-state index is 0.0170. The highest BCUT2D eigenvalue weighted by Crippen LogP contribution is 2.57. The molecule has 0 N–H and O–H groups in total. The van der Waals surface area contributed by atoms with Crippen LogP contribution >= 0.6 is 0 Å². The Hall–Kier alpha value is -10.2. The summed E-state index contributed by atoms with van der Waals surface area (Å²) in [7, 11) is 0. The molecular formula is C98H104N4. The summed E-state index contributed by atoms with van der Waals surface area (Å²) in [6, 6.07) is 109. The van der Waals surface area contributed by atoms with Gasteiger partial charge in [0.25, 0.3) is 0 Å². The third-order valence-corrected chi connectivity index (χ3v) is 22.7. The summed E-state index contributed by atoms with van der Waals surface area (Å²) in [6.07, 6.45) is 12.1. The second kappa shape index (κ2) is 30.6. The van der Waals surface area contributed by atoms with Crippen LogP contribution in [0.5, 0.6) is 0 Å². The van der Waals surface area contributed by atoms with E-state index in [4.69, 9.17) is 0 Å². The zero-order valence-corrected chi connectivity index (χ0v) is 62.5. The van der Waals surface area contributed by atoms with Gasteiger partial charge >= 0.3 is 0 Å². The van der Waals surface area contributed by atoms with Gasteiger partial charge in [-0.05, 0) is 301 Å². The van der Waals surface area contributed by atoms with Crippen LogP contribution in [0, 0.1) is 72.6 Å². The fourth-order valence-electron chi connectivity index (χ4n) is 17.2. The topological polar surface area (TPSA) is 13.0 Å². The van der Waals surface area contributed by atoms with E-state index < -0.39 is 0 Å². The SMILES string of the molecule is Cc1ccc(N(c2ccc(C)cc2)c2ccc(C3(c4ccc(N(c5ccc(C)cc5)c5ccc(C)cc5)cc4)CCC4(CCCCC4)CC3)cc2)cc1.Cc1cccc(N(c2ccc(C(c3ccc(N(c4cccc(C)c4)c4cccc(C)c4)cc3)(C(C)C)C(C)C)cc2)c2cccc(C)c2)c1. The van der Waals surface area contributed by atoms with Crippen molar-refractivity contribution < 1.29 is 0 Å². The molecule has 12 aromatic rings. The first kappa shape index (κ1) is 70.3.